The average Bonchev–Trinajstić information content (AvgIpc) is 2.79. The molecule has 1 aliphatic rings. The number of halogens is 2. The maximum absolute atomic E-state index is 12.5. The van der Waals surface area contributed by atoms with Gasteiger partial charge < -0.3 is 24.7 Å². The van der Waals surface area contributed by atoms with Gasteiger partial charge in [0.15, 0.2) is 0 Å². The fraction of sp³-hybridized carbons (Fsp3) is 0.333. The fourth-order valence-electron chi connectivity index (χ4n) is 3.71. The molecule has 2 aromatic carbocycles. The van der Waals surface area contributed by atoms with Gasteiger partial charge in [-0.15, -0.1) is 0 Å². The second-order valence-electron chi connectivity index (χ2n) is 7.51. The molecule has 0 bridgehead atoms. The van der Waals surface area contributed by atoms with Gasteiger partial charge in [-0.3, -0.25) is 4.79 Å². The van der Waals surface area contributed by atoms with Gasteiger partial charge in [0.2, 0.25) is 0 Å². The van der Waals surface area contributed by atoms with Gasteiger partial charge in [-0.2, -0.15) is 0 Å². The summed E-state index contributed by atoms with van der Waals surface area (Å²) < 4.78 is 11.3. The number of methoxy groups -OCH3 is 1. The standard InChI is InChI=1S/C24H25Cl2NO5.Na/c1-31-24(12-14-32-15-13-24)17-10-8-16(9-11-17)4-2-7-20(23(29)30)27-22(28)21-18(25)5-3-6-19(21)26;/h2-6,8-11,20H,7,12-15H2,1H3,(H,27,28)(H,29,30);/q;+1/p-1/b4-2+;/t20-;/m0./s1. The van der Waals surface area contributed by atoms with Crippen molar-refractivity contribution in [1.29, 1.82) is 0 Å². The Hall–Kier alpha value is -1.38. The predicted molar refractivity (Wildman–Crippen MR) is 122 cm³/mol. The first-order chi connectivity index (χ1) is 15.4. The molecule has 33 heavy (non-hydrogen) atoms. The molecule has 0 aliphatic carbocycles. The summed E-state index contributed by atoms with van der Waals surface area (Å²) in [4.78, 5) is 24.0. The van der Waals surface area contributed by atoms with E-state index in [0.717, 1.165) is 24.0 Å². The van der Waals surface area contributed by atoms with Gasteiger partial charge >= 0.3 is 29.6 Å². The molecule has 1 amide bonds. The van der Waals surface area contributed by atoms with Gasteiger partial charge in [-0.1, -0.05) is 65.7 Å². The van der Waals surface area contributed by atoms with Crippen LogP contribution in [-0.4, -0.2) is 38.2 Å². The zero-order valence-corrected chi connectivity index (χ0v) is 22.1. The van der Waals surface area contributed by atoms with E-state index in [9.17, 15) is 14.7 Å². The normalized spacial score (nSPS) is 16.1. The van der Waals surface area contributed by atoms with E-state index in [2.05, 4.69) is 5.32 Å². The van der Waals surface area contributed by atoms with E-state index in [4.69, 9.17) is 32.7 Å². The van der Waals surface area contributed by atoms with Crippen molar-refractivity contribution in [2.75, 3.05) is 20.3 Å². The molecule has 9 heteroatoms. The zero-order chi connectivity index (χ0) is 23.1. The number of amides is 1. The molecule has 1 aliphatic heterocycles. The third-order valence-corrected chi connectivity index (χ3v) is 6.22. The number of carbonyl (C=O) groups excluding carboxylic acids is 2. The summed E-state index contributed by atoms with van der Waals surface area (Å²) in [7, 11) is 1.71. The van der Waals surface area contributed by atoms with E-state index in [0.29, 0.717) is 13.2 Å². The molecule has 2 aromatic rings. The van der Waals surface area contributed by atoms with Gasteiger partial charge in [0.05, 0.1) is 33.2 Å². The Morgan fingerprint density at radius 1 is 1.15 bits per heavy atom. The molecule has 0 aromatic heterocycles. The number of rotatable bonds is 8. The smallest absolute Gasteiger partial charge is 0.548 e. The largest absolute Gasteiger partial charge is 1.00 e. The van der Waals surface area contributed by atoms with Crippen LogP contribution in [0.25, 0.3) is 6.08 Å². The first-order valence-electron chi connectivity index (χ1n) is 10.2. The number of carboxylic acid groups (broad SMARTS) is 1. The minimum atomic E-state index is -1.40. The van der Waals surface area contributed by atoms with Crippen LogP contribution in [0.4, 0.5) is 0 Å². The molecule has 0 spiro atoms. The summed E-state index contributed by atoms with van der Waals surface area (Å²) >= 11 is 12.0. The van der Waals surface area contributed by atoms with Crippen molar-refractivity contribution in [1.82, 2.24) is 5.32 Å². The molecule has 3 rings (SSSR count). The van der Waals surface area contributed by atoms with Crippen LogP contribution in [0, 0.1) is 0 Å². The fourth-order valence-corrected chi connectivity index (χ4v) is 4.28. The second kappa shape index (κ2) is 12.9. The van der Waals surface area contributed by atoms with Crippen molar-refractivity contribution >= 4 is 41.2 Å². The number of ether oxygens (including phenoxy) is 2. The molecular weight excluding hydrogens is 476 g/mol. The van der Waals surface area contributed by atoms with Crippen molar-refractivity contribution in [3.8, 4) is 0 Å². The van der Waals surface area contributed by atoms with Crippen LogP contribution < -0.4 is 40.0 Å². The summed E-state index contributed by atoms with van der Waals surface area (Å²) in [6, 6.07) is 11.3. The molecule has 1 fully saturated rings. The minimum Gasteiger partial charge on any atom is -0.548 e. The van der Waals surface area contributed by atoms with Crippen molar-refractivity contribution in [3.63, 3.8) is 0 Å². The summed E-state index contributed by atoms with van der Waals surface area (Å²) in [5, 5.41) is 14.2. The number of nitrogens with one attached hydrogen (secondary N) is 1. The van der Waals surface area contributed by atoms with Crippen LogP contribution in [0.15, 0.2) is 48.5 Å². The SMILES string of the molecule is COC1(c2ccc(/C=C/C[C@H](NC(=O)c3c(Cl)cccc3Cl)C(=O)[O-])cc2)CCOCC1.[Na+]. The Kier molecular flexibility index (Phi) is 10.9. The van der Waals surface area contributed by atoms with Crippen molar-refractivity contribution in [3.05, 3.63) is 75.3 Å². The van der Waals surface area contributed by atoms with Crippen LogP contribution >= 0.6 is 23.2 Å². The Balaban J connectivity index is 0.00000385. The van der Waals surface area contributed by atoms with Crippen LogP contribution in [0.3, 0.4) is 0 Å². The van der Waals surface area contributed by atoms with E-state index >= 15 is 0 Å². The maximum Gasteiger partial charge on any atom is 1.00 e. The first-order valence-corrected chi connectivity index (χ1v) is 11.0. The number of hydrogen-bond donors (Lipinski definition) is 1. The number of hydrogen-bond acceptors (Lipinski definition) is 5. The van der Waals surface area contributed by atoms with Crippen LogP contribution in [-0.2, 0) is 19.9 Å². The molecular formula is C24H24Cl2NNaO5. The third kappa shape index (κ3) is 7.06. The molecule has 6 nitrogen and oxygen atoms in total. The second-order valence-corrected chi connectivity index (χ2v) is 8.33. The summed E-state index contributed by atoms with van der Waals surface area (Å²) in [6.45, 7) is 1.32. The Bertz CT molecular complexity index is 971. The van der Waals surface area contributed by atoms with E-state index in [1.165, 1.54) is 12.1 Å². The van der Waals surface area contributed by atoms with E-state index < -0.39 is 17.9 Å². The van der Waals surface area contributed by atoms with E-state index in [-0.39, 0.29) is 57.2 Å². The van der Waals surface area contributed by atoms with E-state index in [1.54, 1.807) is 25.3 Å². The molecule has 0 radical (unpaired) electrons. The average molecular weight is 500 g/mol. The Morgan fingerprint density at radius 2 is 1.76 bits per heavy atom. The Morgan fingerprint density at radius 3 is 2.30 bits per heavy atom. The van der Waals surface area contributed by atoms with Crippen LogP contribution in [0.1, 0.15) is 40.7 Å². The Labute approximate surface area is 225 Å². The minimum absolute atomic E-state index is 0. The first kappa shape index (κ1) is 27.9. The van der Waals surface area contributed by atoms with E-state index in [1.807, 2.05) is 24.3 Å². The number of carboxylic acids is 1. The predicted octanol–water partition coefficient (Wildman–Crippen LogP) is 0.601. The molecule has 1 N–H and O–H groups in total. The quantitative estimate of drug-likeness (QED) is 0.537. The van der Waals surface area contributed by atoms with Gasteiger partial charge in [0.1, 0.15) is 0 Å². The number of benzene rings is 2. The summed E-state index contributed by atoms with van der Waals surface area (Å²) in [5.74, 6) is -2.07. The van der Waals surface area contributed by atoms with Gasteiger partial charge in [-0.05, 0) is 29.7 Å². The topological polar surface area (TPSA) is 87.7 Å². The third-order valence-electron chi connectivity index (χ3n) is 5.59. The van der Waals surface area contributed by atoms with Crippen molar-refractivity contribution in [2.45, 2.75) is 30.9 Å². The van der Waals surface area contributed by atoms with Crippen LogP contribution in [0.5, 0.6) is 0 Å². The summed E-state index contributed by atoms with van der Waals surface area (Å²) in [5.41, 5.74) is 1.66. The molecule has 1 atom stereocenters. The molecule has 1 saturated heterocycles. The molecule has 0 unspecified atom stereocenters. The van der Waals surface area contributed by atoms with Gasteiger partial charge in [-0.25, -0.2) is 0 Å². The van der Waals surface area contributed by atoms with Crippen LogP contribution in [0.2, 0.25) is 10.0 Å². The van der Waals surface area contributed by atoms with Gasteiger partial charge in [0.25, 0.3) is 5.91 Å². The maximum atomic E-state index is 12.5. The monoisotopic (exact) mass is 499 g/mol. The molecule has 0 saturated carbocycles. The number of aliphatic carboxylic acids is 1. The van der Waals surface area contributed by atoms with Crippen molar-refractivity contribution < 1.29 is 53.7 Å². The molecule has 1 heterocycles. The van der Waals surface area contributed by atoms with Gasteiger partial charge in [0, 0.05) is 33.2 Å². The van der Waals surface area contributed by atoms with Crippen molar-refractivity contribution in [2.24, 2.45) is 0 Å². The molecule has 170 valence electrons. The summed E-state index contributed by atoms with van der Waals surface area (Å²) in [6.07, 6.45) is 5.09. The zero-order valence-electron chi connectivity index (χ0n) is 18.6. The number of carbonyl (C=O) groups is 2.